The molecule has 2 aromatic carbocycles. The van der Waals surface area contributed by atoms with Crippen LogP contribution in [0.3, 0.4) is 0 Å². The van der Waals surface area contributed by atoms with E-state index in [-0.39, 0.29) is 5.75 Å². The van der Waals surface area contributed by atoms with Crippen LogP contribution in [0.4, 0.5) is 17.1 Å². The van der Waals surface area contributed by atoms with Crippen molar-refractivity contribution in [3.05, 3.63) is 39.9 Å². The van der Waals surface area contributed by atoms with Crippen LogP contribution in [0.25, 0.3) is 0 Å². The molecule has 0 saturated carbocycles. The number of nitrogens with two attached hydrogens (primary N) is 1. The molecular weight excluding hydrogens is 290 g/mol. The molecule has 0 spiro atoms. The molecule has 0 aromatic heterocycles. The second-order valence-corrected chi connectivity index (χ2v) is 6.68. The number of anilines is 3. The Kier molecular flexibility index (Phi) is 2.73. The molecule has 120 valence electrons. The van der Waals surface area contributed by atoms with Crippen LogP contribution < -0.4 is 15.5 Å². The predicted molar refractivity (Wildman–Crippen MR) is 92.1 cm³/mol. The van der Waals surface area contributed by atoms with Gasteiger partial charge in [0.15, 0.2) is 0 Å². The molecule has 5 nitrogen and oxygen atoms in total. The van der Waals surface area contributed by atoms with Crippen molar-refractivity contribution >= 4 is 17.1 Å². The van der Waals surface area contributed by atoms with Crippen molar-refractivity contribution in [3.63, 3.8) is 0 Å². The molecule has 23 heavy (non-hydrogen) atoms. The lowest BCUT2D eigenvalue weighted by Gasteiger charge is -2.45. The first-order valence-corrected chi connectivity index (χ1v) is 7.81. The average molecular weight is 311 g/mol. The number of aryl methyl sites for hydroxylation is 2. The zero-order valence-electron chi connectivity index (χ0n) is 13.6. The predicted octanol–water partition coefficient (Wildman–Crippen LogP) is 2.90. The minimum atomic E-state index is 0.172. The van der Waals surface area contributed by atoms with Gasteiger partial charge in [-0.05, 0) is 54.7 Å². The molecule has 0 unspecified atom stereocenters. The summed E-state index contributed by atoms with van der Waals surface area (Å²) in [5.41, 5.74) is 13.5. The summed E-state index contributed by atoms with van der Waals surface area (Å²) >= 11 is 0. The van der Waals surface area contributed by atoms with Gasteiger partial charge in [0.2, 0.25) is 0 Å². The lowest BCUT2D eigenvalue weighted by Crippen LogP contribution is -2.46. The van der Waals surface area contributed by atoms with Crippen molar-refractivity contribution in [2.75, 3.05) is 22.2 Å². The number of rotatable bonds is 0. The number of hydrogen-bond donors (Lipinski definition) is 3. The summed E-state index contributed by atoms with van der Waals surface area (Å²) in [5, 5.41) is 20.8. The largest absolute Gasteiger partial charge is 0.505 e. The third kappa shape index (κ3) is 1.79. The van der Waals surface area contributed by atoms with Crippen LogP contribution in [0, 0.1) is 20.8 Å². The fourth-order valence-corrected chi connectivity index (χ4v) is 3.83. The third-order valence-corrected chi connectivity index (χ3v) is 5.14. The summed E-state index contributed by atoms with van der Waals surface area (Å²) in [7, 11) is 0. The van der Waals surface area contributed by atoms with Gasteiger partial charge in [-0.15, -0.1) is 0 Å². The molecule has 0 saturated heterocycles. The highest BCUT2D eigenvalue weighted by molar-refractivity contribution is 5.83. The molecule has 4 rings (SSSR count). The van der Waals surface area contributed by atoms with Crippen molar-refractivity contribution in [1.82, 2.24) is 0 Å². The van der Waals surface area contributed by atoms with Crippen molar-refractivity contribution in [2.24, 2.45) is 0 Å². The fourth-order valence-electron chi connectivity index (χ4n) is 3.83. The Morgan fingerprint density at radius 1 is 0.870 bits per heavy atom. The molecule has 0 amide bonds. The minimum Gasteiger partial charge on any atom is -0.505 e. The van der Waals surface area contributed by atoms with Crippen molar-refractivity contribution in [1.29, 1.82) is 0 Å². The van der Waals surface area contributed by atoms with Gasteiger partial charge in [0.1, 0.15) is 11.5 Å². The van der Waals surface area contributed by atoms with Crippen LogP contribution in [0.15, 0.2) is 12.1 Å². The maximum atomic E-state index is 10.6. The first-order chi connectivity index (χ1) is 10.9. The van der Waals surface area contributed by atoms with Crippen LogP contribution in [-0.2, 0) is 13.1 Å². The molecule has 0 aliphatic carbocycles. The molecule has 2 aromatic rings. The zero-order chi connectivity index (χ0) is 16.5. The van der Waals surface area contributed by atoms with Gasteiger partial charge in [0.25, 0.3) is 0 Å². The monoisotopic (exact) mass is 311 g/mol. The molecule has 0 fully saturated rings. The van der Waals surface area contributed by atoms with Gasteiger partial charge >= 0.3 is 0 Å². The van der Waals surface area contributed by atoms with E-state index < -0.39 is 0 Å². The summed E-state index contributed by atoms with van der Waals surface area (Å²) in [6, 6.07) is 4.13. The molecule has 5 heteroatoms. The highest BCUT2D eigenvalue weighted by Gasteiger charge is 2.34. The van der Waals surface area contributed by atoms with Gasteiger partial charge in [-0.3, -0.25) is 0 Å². The molecule has 0 atom stereocenters. The maximum Gasteiger partial charge on any atom is 0.143 e. The molecule has 2 heterocycles. The number of aromatic hydroxyl groups is 2. The number of fused-ring (bicyclic) bond motifs is 6. The number of phenolic OH excluding ortho intramolecular Hbond substituents is 2. The number of hydrogen-bond acceptors (Lipinski definition) is 5. The molecule has 2 aliphatic heterocycles. The third-order valence-electron chi connectivity index (χ3n) is 5.14. The second-order valence-electron chi connectivity index (χ2n) is 6.68. The van der Waals surface area contributed by atoms with E-state index in [1.165, 1.54) is 0 Å². The Morgan fingerprint density at radius 2 is 1.43 bits per heavy atom. The zero-order valence-corrected chi connectivity index (χ0v) is 13.6. The summed E-state index contributed by atoms with van der Waals surface area (Å²) in [6.07, 6.45) is 0. The minimum absolute atomic E-state index is 0.172. The first-order valence-electron chi connectivity index (χ1n) is 7.81. The van der Waals surface area contributed by atoms with Crippen LogP contribution in [0.2, 0.25) is 0 Å². The van der Waals surface area contributed by atoms with Gasteiger partial charge in [0.05, 0.1) is 23.7 Å². The number of phenols is 2. The summed E-state index contributed by atoms with van der Waals surface area (Å²) < 4.78 is 0. The summed E-state index contributed by atoms with van der Waals surface area (Å²) in [5.74, 6) is 0.553. The van der Waals surface area contributed by atoms with E-state index in [1.54, 1.807) is 0 Å². The topological polar surface area (TPSA) is 73.0 Å². The fraction of sp³-hybridized carbons (Fsp3) is 0.333. The van der Waals surface area contributed by atoms with Gasteiger partial charge in [-0.2, -0.15) is 0 Å². The molecule has 2 bridgehead atoms. The van der Waals surface area contributed by atoms with Gasteiger partial charge in [-0.25, -0.2) is 0 Å². The van der Waals surface area contributed by atoms with Crippen molar-refractivity contribution < 1.29 is 10.2 Å². The molecule has 2 aliphatic rings. The maximum absolute atomic E-state index is 10.6. The Hall–Kier alpha value is -2.56. The lowest BCUT2D eigenvalue weighted by molar-refractivity contribution is 0.462. The quantitative estimate of drug-likeness (QED) is 0.515. The summed E-state index contributed by atoms with van der Waals surface area (Å²) in [6.45, 7) is 7.86. The Bertz CT molecular complexity index is 776. The smallest absolute Gasteiger partial charge is 0.143 e. The molecule has 4 N–H and O–H groups in total. The van der Waals surface area contributed by atoms with E-state index >= 15 is 0 Å². The van der Waals surface area contributed by atoms with Crippen LogP contribution in [0.5, 0.6) is 11.5 Å². The normalized spacial score (nSPS) is 15.4. The number of benzene rings is 2. The first kappa shape index (κ1) is 14.1. The van der Waals surface area contributed by atoms with E-state index in [4.69, 9.17) is 5.73 Å². The number of nitrogen functional groups attached to an aromatic ring is 1. The summed E-state index contributed by atoms with van der Waals surface area (Å²) in [4.78, 5) is 4.35. The Morgan fingerprint density at radius 3 is 2.13 bits per heavy atom. The van der Waals surface area contributed by atoms with Gasteiger partial charge < -0.3 is 25.7 Å². The van der Waals surface area contributed by atoms with E-state index in [1.807, 2.05) is 26.8 Å². The van der Waals surface area contributed by atoms with Gasteiger partial charge in [-0.1, -0.05) is 6.07 Å². The average Bonchev–Trinajstić information content (AvgIpc) is 2.50. The lowest BCUT2D eigenvalue weighted by atomic mass is 9.95. The van der Waals surface area contributed by atoms with Crippen LogP contribution in [0.1, 0.15) is 27.8 Å². The van der Waals surface area contributed by atoms with E-state index in [0.717, 1.165) is 39.2 Å². The van der Waals surface area contributed by atoms with E-state index in [9.17, 15) is 10.2 Å². The number of nitrogens with zero attached hydrogens (tertiary/aromatic N) is 2. The highest BCUT2D eigenvalue weighted by Crippen LogP contribution is 2.48. The standard InChI is InChI=1S/C18H21N3O2/c1-9-4-13-7-20-8-21(16(13)18(23)11(9)3)6-12-5-10(2)17(22)14(19)15(12)20/h4-5,22-23H,6-8,19H2,1-3H3. The van der Waals surface area contributed by atoms with Gasteiger partial charge in [0, 0.05) is 13.1 Å². The van der Waals surface area contributed by atoms with Crippen molar-refractivity contribution in [3.8, 4) is 11.5 Å². The van der Waals surface area contributed by atoms with Crippen LogP contribution in [-0.4, -0.2) is 16.9 Å². The molecule has 0 radical (unpaired) electrons. The Balaban J connectivity index is 1.91. The molecular formula is C18H21N3O2. The Labute approximate surface area is 135 Å². The van der Waals surface area contributed by atoms with E-state index in [2.05, 4.69) is 15.9 Å². The SMILES string of the molecule is Cc1cc2c(c(O)c1C)N1Cc3cc(C)c(O)c(N)c3N(C2)C1. The second kappa shape index (κ2) is 4.47. The van der Waals surface area contributed by atoms with Crippen molar-refractivity contribution in [2.45, 2.75) is 33.9 Å². The highest BCUT2D eigenvalue weighted by atomic mass is 16.3. The van der Waals surface area contributed by atoms with E-state index in [0.29, 0.717) is 31.2 Å². The van der Waals surface area contributed by atoms with Crippen LogP contribution >= 0.6 is 0 Å².